The molecular weight excluding hydrogens is 224 g/mol. The largest absolute Gasteiger partial charge is 0.494 e. The molecule has 100 valence electrons. The third-order valence-corrected chi connectivity index (χ3v) is 3.77. The van der Waals surface area contributed by atoms with Gasteiger partial charge in [-0.15, -0.1) is 0 Å². The van der Waals surface area contributed by atoms with Gasteiger partial charge in [-0.1, -0.05) is 18.2 Å². The second-order valence-corrected chi connectivity index (χ2v) is 5.19. The highest BCUT2D eigenvalue weighted by atomic mass is 16.5. The molecule has 2 atom stereocenters. The van der Waals surface area contributed by atoms with Crippen LogP contribution in [0, 0.1) is 5.92 Å². The molecule has 0 bridgehead atoms. The van der Waals surface area contributed by atoms with Crippen molar-refractivity contribution in [3.63, 3.8) is 0 Å². The first kappa shape index (κ1) is 13.4. The van der Waals surface area contributed by atoms with Gasteiger partial charge in [0.1, 0.15) is 5.75 Å². The molecule has 18 heavy (non-hydrogen) atoms. The zero-order chi connectivity index (χ0) is 12.8. The summed E-state index contributed by atoms with van der Waals surface area (Å²) >= 11 is 0. The van der Waals surface area contributed by atoms with Crippen LogP contribution in [-0.2, 0) is 0 Å². The standard InChI is InChI=1S/C15H24N2O/c1-12-15(13(2)17-16-12)10-6-7-11-18-14-8-4-3-5-9-14/h3-5,8-9,12-13,15-17H,6-7,10-11H2,1-2H3. The van der Waals surface area contributed by atoms with E-state index in [1.807, 2.05) is 30.3 Å². The molecule has 1 aromatic rings. The van der Waals surface area contributed by atoms with Gasteiger partial charge >= 0.3 is 0 Å². The first-order chi connectivity index (χ1) is 8.77. The van der Waals surface area contributed by atoms with Gasteiger partial charge in [0.2, 0.25) is 0 Å². The molecule has 3 heteroatoms. The first-order valence-electron chi connectivity index (χ1n) is 6.96. The van der Waals surface area contributed by atoms with E-state index < -0.39 is 0 Å². The van der Waals surface area contributed by atoms with Crippen molar-refractivity contribution >= 4 is 0 Å². The highest BCUT2D eigenvalue weighted by molar-refractivity contribution is 5.20. The Hall–Kier alpha value is -1.06. The monoisotopic (exact) mass is 248 g/mol. The van der Waals surface area contributed by atoms with Crippen LogP contribution >= 0.6 is 0 Å². The minimum atomic E-state index is 0.579. The number of nitrogens with one attached hydrogen (secondary N) is 2. The Morgan fingerprint density at radius 2 is 1.67 bits per heavy atom. The van der Waals surface area contributed by atoms with E-state index in [0.29, 0.717) is 12.1 Å². The van der Waals surface area contributed by atoms with Crippen LogP contribution < -0.4 is 15.6 Å². The Balaban J connectivity index is 1.59. The number of ether oxygens (including phenoxy) is 1. The molecule has 0 spiro atoms. The van der Waals surface area contributed by atoms with E-state index in [1.54, 1.807) is 0 Å². The summed E-state index contributed by atoms with van der Waals surface area (Å²) in [6.45, 7) is 5.32. The van der Waals surface area contributed by atoms with Gasteiger partial charge in [-0.05, 0) is 51.2 Å². The van der Waals surface area contributed by atoms with Crippen LogP contribution in [0.1, 0.15) is 33.1 Å². The summed E-state index contributed by atoms with van der Waals surface area (Å²) in [5, 5.41) is 0. The van der Waals surface area contributed by atoms with Gasteiger partial charge in [0, 0.05) is 12.1 Å². The fraction of sp³-hybridized carbons (Fsp3) is 0.600. The second-order valence-electron chi connectivity index (χ2n) is 5.19. The van der Waals surface area contributed by atoms with E-state index in [9.17, 15) is 0 Å². The molecule has 3 nitrogen and oxygen atoms in total. The van der Waals surface area contributed by atoms with E-state index in [-0.39, 0.29) is 0 Å². The van der Waals surface area contributed by atoms with E-state index in [4.69, 9.17) is 4.74 Å². The predicted octanol–water partition coefficient (Wildman–Crippen LogP) is 2.74. The molecule has 1 heterocycles. The summed E-state index contributed by atoms with van der Waals surface area (Å²) in [4.78, 5) is 0. The Morgan fingerprint density at radius 3 is 2.33 bits per heavy atom. The number of rotatable bonds is 6. The van der Waals surface area contributed by atoms with E-state index in [0.717, 1.165) is 24.7 Å². The third-order valence-electron chi connectivity index (χ3n) is 3.77. The topological polar surface area (TPSA) is 33.3 Å². The summed E-state index contributed by atoms with van der Waals surface area (Å²) < 4.78 is 5.69. The van der Waals surface area contributed by atoms with E-state index in [1.165, 1.54) is 12.8 Å². The maximum Gasteiger partial charge on any atom is 0.119 e. The number of para-hydroxylation sites is 1. The number of hydrogen-bond donors (Lipinski definition) is 2. The highest BCUT2D eigenvalue weighted by Gasteiger charge is 2.28. The maximum absolute atomic E-state index is 5.69. The Morgan fingerprint density at radius 1 is 1.00 bits per heavy atom. The van der Waals surface area contributed by atoms with Crippen molar-refractivity contribution in [1.82, 2.24) is 10.9 Å². The van der Waals surface area contributed by atoms with Gasteiger partial charge in [0.05, 0.1) is 6.61 Å². The lowest BCUT2D eigenvalue weighted by Gasteiger charge is -2.17. The van der Waals surface area contributed by atoms with Crippen molar-refractivity contribution in [2.45, 2.75) is 45.2 Å². The fourth-order valence-corrected chi connectivity index (χ4v) is 2.60. The van der Waals surface area contributed by atoms with Crippen molar-refractivity contribution in [1.29, 1.82) is 0 Å². The van der Waals surface area contributed by atoms with E-state index in [2.05, 4.69) is 24.7 Å². The van der Waals surface area contributed by atoms with Gasteiger partial charge in [-0.3, -0.25) is 10.9 Å². The Kier molecular flexibility index (Phi) is 5.02. The average Bonchev–Trinajstić information content (AvgIpc) is 2.71. The summed E-state index contributed by atoms with van der Waals surface area (Å²) in [6, 6.07) is 11.2. The van der Waals surface area contributed by atoms with Gasteiger partial charge in [0.25, 0.3) is 0 Å². The summed E-state index contributed by atoms with van der Waals surface area (Å²) in [6.07, 6.45) is 3.63. The lowest BCUT2D eigenvalue weighted by atomic mass is 9.91. The van der Waals surface area contributed by atoms with Gasteiger partial charge < -0.3 is 4.74 Å². The van der Waals surface area contributed by atoms with Crippen LogP contribution in [0.2, 0.25) is 0 Å². The quantitative estimate of drug-likeness (QED) is 0.759. The molecule has 1 aliphatic heterocycles. The summed E-state index contributed by atoms with van der Waals surface area (Å²) in [7, 11) is 0. The highest BCUT2D eigenvalue weighted by Crippen LogP contribution is 2.21. The van der Waals surface area contributed by atoms with Gasteiger partial charge in [-0.2, -0.15) is 0 Å². The lowest BCUT2D eigenvalue weighted by Crippen LogP contribution is -2.30. The molecule has 0 aliphatic carbocycles. The minimum absolute atomic E-state index is 0.579. The molecule has 1 saturated heterocycles. The molecule has 1 fully saturated rings. The molecule has 0 aromatic heterocycles. The minimum Gasteiger partial charge on any atom is -0.494 e. The fourth-order valence-electron chi connectivity index (χ4n) is 2.60. The lowest BCUT2D eigenvalue weighted by molar-refractivity contribution is 0.294. The van der Waals surface area contributed by atoms with E-state index >= 15 is 0 Å². The van der Waals surface area contributed by atoms with Crippen LogP contribution in [0.3, 0.4) is 0 Å². The number of benzene rings is 1. The molecule has 2 N–H and O–H groups in total. The van der Waals surface area contributed by atoms with Crippen molar-refractivity contribution < 1.29 is 4.74 Å². The molecule has 0 saturated carbocycles. The molecule has 0 amide bonds. The second kappa shape index (κ2) is 6.76. The number of hydrogen-bond acceptors (Lipinski definition) is 3. The Labute approximate surface area is 110 Å². The molecule has 2 unspecified atom stereocenters. The third kappa shape index (κ3) is 3.72. The van der Waals surface area contributed by atoms with Crippen LogP contribution in [0.15, 0.2) is 30.3 Å². The summed E-state index contributed by atoms with van der Waals surface area (Å²) in [5.74, 6) is 1.71. The molecule has 0 radical (unpaired) electrons. The number of unbranched alkanes of at least 4 members (excludes halogenated alkanes) is 1. The van der Waals surface area contributed by atoms with Crippen molar-refractivity contribution in [2.24, 2.45) is 5.92 Å². The maximum atomic E-state index is 5.69. The molecule has 1 aliphatic rings. The average molecular weight is 248 g/mol. The van der Waals surface area contributed by atoms with Crippen molar-refractivity contribution in [3.05, 3.63) is 30.3 Å². The molecular formula is C15H24N2O. The van der Waals surface area contributed by atoms with Crippen molar-refractivity contribution in [2.75, 3.05) is 6.61 Å². The zero-order valence-corrected chi connectivity index (χ0v) is 11.4. The van der Waals surface area contributed by atoms with Crippen LogP contribution in [0.5, 0.6) is 5.75 Å². The van der Waals surface area contributed by atoms with Gasteiger partial charge in [0.15, 0.2) is 0 Å². The van der Waals surface area contributed by atoms with Crippen molar-refractivity contribution in [3.8, 4) is 5.75 Å². The van der Waals surface area contributed by atoms with Crippen LogP contribution in [-0.4, -0.2) is 18.7 Å². The zero-order valence-electron chi connectivity index (χ0n) is 11.4. The number of hydrazine groups is 1. The molecule has 2 rings (SSSR count). The first-order valence-corrected chi connectivity index (χ1v) is 6.96. The van der Waals surface area contributed by atoms with Crippen LogP contribution in [0.25, 0.3) is 0 Å². The van der Waals surface area contributed by atoms with Crippen LogP contribution in [0.4, 0.5) is 0 Å². The Bertz CT molecular complexity index is 332. The summed E-state index contributed by atoms with van der Waals surface area (Å²) in [5.41, 5.74) is 6.61. The SMILES string of the molecule is CC1NNC(C)C1CCCCOc1ccccc1. The van der Waals surface area contributed by atoms with Gasteiger partial charge in [-0.25, -0.2) is 0 Å². The molecule has 1 aromatic carbocycles. The normalized spacial score (nSPS) is 27.3. The predicted molar refractivity (Wildman–Crippen MR) is 74.5 cm³/mol. The smallest absolute Gasteiger partial charge is 0.119 e.